The molecule has 4 rings (SSSR count). The molecule has 2 amide bonds. The summed E-state index contributed by atoms with van der Waals surface area (Å²) >= 11 is 3.50. The van der Waals surface area contributed by atoms with Crippen LogP contribution in [0.15, 0.2) is 112 Å². The average Bonchev–Trinajstić information content (AvgIpc) is 3.01. The number of rotatable bonds is 13. The zero-order valence-electron chi connectivity index (χ0n) is 25.8. The van der Waals surface area contributed by atoms with Crippen molar-refractivity contribution in [3.63, 3.8) is 0 Å². The van der Waals surface area contributed by atoms with Crippen LogP contribution in [0.3, 0.4) is 0 Å². The van der Waals surface area contributed by atoms with E-state index in [-0.39, 0.29) is 35.5 Å². The van der Waals surface area contributed by atoms with Gasteiger partial charge in [-0.25, -0.2) is 8.42 Å². The number of methoxy groups -OCH3 is 1. The van der Waals surface area contributed by atoms with E-state index in [4.69, 9.17) is 4.74 Å². The highest BCUT2D eigenvalue weighted by atomic mass is 79.9. The van der Waals surface area contributed by atoms with Gasteiger partial charge in [-0.15, -0.1) is 0 Å². The average molecular weight is 693 g/mol. The second-order valence-electron chi connectivity index (χ2n) is 11.0. The summed E-state index contributed by atoms with van der Waals surface area (Å²) in [5.74, 6) is -0.423. The molecule has 0 bridgehead atoms. The summed E-state index contributed by atoms with van der Waals surface area (Å²) in [4.78, 5) is 29.8. The monoisotopic (exact) mass is 691 g/mol. The quantitative estimate of drug-likeness (QED) is 0.182. The number of halogens is 1. The molecule has 4 aromatic rings. The molecule has 0 spiro atoms. The molecule has 0 fully saturated rings. The predicted octanol–water partition coefficient (Wildman–Crippen LogP) is 6.13. The summed E-state index contributed by atoms with van der Waals surface area (Å²) in [5, 5.41) is 2.97. The van der Waals surface area contributed by atoms with Gasteiger partial charge in [0.25, 0.3) is 10.0 Å². The van der Waals surface area contributed by atoms with Crippen molar-refractivity contribution in [3.8, 4) is 5.75 Å². The fourth-order valence-electron chi connectivity index (χ4n) is 4.90. The summed E-state index contributed by atoms with van der Waals surface area (Å²) in [6, 6.07) is 28.9. The van der Waals surface area contributed by atoms with E-state index >= 15 is 0 Å². The van der Waals surface area contributed by atoms with Crippen molar-refractivity contribution < 1.29 is 22.7 Å². The Morgan fingerprint density at radius 1 is 0.867 bits per heavy atom. The lowest BCUT2D eigenvalue weighted by molar-refractivity contribution is -0.140. The molecule has 1 N–H and O–H groups in total. The highest BCUT2D eigenvalue weighted by molar-refractivity contribution is 9.10. The second-order valence-corrected chi connectivity index (χ2v) is 13.8. The van der Waals surface area contributed by atoms with Crippen LogP contribution in [-0.2, 0) is 32.6 Å². The molecule has 8 nitrogen and oxygen atoms in total. The highest BCUT2D eigenvalue weighted by Crippen LogP contribution is 2.28. The Balaban J connectivity index is 1.82. The second kappa shape index (κ2) is 15.2. The van der Waals surface area contributed by atoms with Crippen molar-refractivity contribution in [2.45, 2.75) is 50.7 Å². The fourth-order valence-corrected chi connectivity index (χ4v) is 6.75. The van der Waals surface area contributed by atoms with Crippen molar-refractivity contribution in [3.05, 3.63) is 124 Å². The van der Waals surface area contributed by atoms with Gasteiger partial charge < -0.3 is 15.0 Å². The lowest BCUT2D eigenvalue weighted by atomic mass is 10.0. The Morgan fingerprint density at radius 2 is 1.53 bits per heavy atom. The van der Waals surface area contributed by atoms with Crippen LogP contribution in [0.2, 0.25) is 0 Å². The SMILES string of the molecule is COc1cccc(N(CC(=O)N(Cc2cccc(Br)c2)[C@@H](Cc2ccccc2)C(=O)NC(C)C)S(=O)(=O)c2ccc(C)cc2)c1. The summed E-state index contributed by atoms with van der Waals surface area (Å²) in [6.45, 7) is 5.12. The smallest absolute Gasteiger partial charge is 0.264 e. The third-order valence-corrected chi connectivity index (χ3v) is 9.45. The number of hydrogen-bond acceptors (Lipinski definition) is 5. The van der Waals surface area contributed by atoms with Crippen molar-refractivity contribution in [1.29, 1.82) is 0 Å². The number of carbonyl (C=O) groups is 2. The van der Waals surface area contributed by atoms with E-state index in [1.807, 2.05) is 75.4 Å². The molecule has 0 unspecified atom stereocenters. The minimum atomic E-state index is -4.21. The number of benzene rings is 4. The number of hydrogen-bond donors (Lipinski definition) is 1. The Labute approximate surface area is 274 Å². The zero-order valence-corrected chi connectivity index (χ0v) is 28.2. The van der Waals surface area contributed by atoms with Gasteiger partial charge in [-0.1, -0.05) is 82.2 Å². The molecule has 0 saturated heterocycles. The van der Waals surface area contributed by atoms with Gasteiger partial charge in [-0.3, -0.25) is 13.9 Å². The number of anilines is 1. The topological polar surface area (TPSA) is 96.0 Å². The molecule has 1 atom stereocenters. The van der Waals surface area contributed by atoms with Crippen LogP contribution < -0.4 is 14.4 Å². The van der Waals surface area contributed by atoms with E-state index in [9.17, 15) is 18.0 Å². The Kier molecular flexibility index (Phi) is 11.4. The molecule has 10 heteroatoms. The number of nitrogens with zero attached hydrogens (tertiary/aromatic N) is 2. The molecule has 0 aromatic heterocycles. The maximum absolute atomic E-state index is 14.5. The van der Waals surface area contributed by atoms with Gasteiger partial charge in [0.05, 0.1) is 17.7 Å². The summed E-state index contributed by atoms with van der Waals surface area (Å²) in [6.07, 6.45) is 0.239. The molecule has 0 aliphatic heterocycles. The van der Waals surface area contributed by atoms with Crippen LogP contribution in [0, 0.1) is 6.92 Å². The van der Waals surface area contributed by atoms with E-state index in [0.717, 1.165) is 25.5 Å². The highest BCUT2D eigenvalue weighted by Gasteiger charge is 2.35. The van der Waals surface area contributed by atoms with Gasteiger partial charge in [-0.2, -0.15) is 0 Å². The first-order valence-electron chi connectivity index (χ1n) is 14.6. The molecule has 45 heavy (non-hydrogen) atoms. The Bertz CT molecular complexity index is 1710. The number of aryl methyl sites for hydroxylation is 1. The van der Waals surface area contributed by atoms with Crippen LogP contribution in [-0.4, -0.2) is 50.9 Å². The number of sulfonamides is 1. The zero-order chi connectivity index (χ0) is 32.6. The maximum Gasteiger partial charge on any atom is 0.264 e. The van der Waals surface area contributed by atoms with Crippen LogP contribution >= 0.6 is 15.9 Å². The number of ether oxygens (including phenoxy) is 1. The molecular weight excluding hydrogens is 654 g/mol. The van der Waals surface area contributed by atoms with Gasteiger partial charge >= 0.3 is 0 Å². The van der Waals surface area contributed by atoms with Crippen molar-refractivity contribution in [2.75, 3.05) is 18.0 Å². The van der Waals surface area contributed by atoms with E-state index in [1.165, 1.54) is 24.1 Å². The predicted molar refractivity (Wildman–Crippen MR) is 181 cm³/mol. The molecule has 4 aromatic carbocycles. The molecule has 0 radical (unpaired) electrons. The molecule has 0 heterocycles. The van der Waals surface area contributed by atoms with Gasteiger partial charge in [-0.05, 0) is 68.3 Å². The number of amides is 2. The van der Waals surface area contributed by atoms with Gasteiger partial charge in [0.15, 0.2) is 0 Å². The summed E-state index contributed by atoms with van der Waals surface area (Å²) in [5.41, 5.74) is 2.81. The number of carbonyl (C=O) groups excluding carboxylic acids is 2. The van der Waals surface area contributed by atoms with E-state index in [2.05, 4.69) is 21.2 Å². The fraction of sp³-hybridized carbons (Fsp3) is 0.257. The van der Waals surface area contributed by atoms with Crippen LogP contribution in [0.4, 0.5) is 5.69 Å². The molecular formula is C35H38BrN3O5S. The first-order chi connectivity index (χ1) is 21.5. The summed E-state index contributed by atoms with van der Waals surface area (Å²) in [7, 11) is -2.72. The minimum absolute atomic E-state index is 0.0423. The Morgan fingerprint density at radius 3 is 2.18 bits per heavy atom. The Hall–Kier alpha value is -4.15. The summed E-state index contributed by atoms with van der Waals surface area (Å²) < 4.78 is 35.6. The molecule has 236 valence electrons. The first kappa shape index (κ1) is 33.7. The van der Waals surface area contributed by atoms with Crippen molar-refractivity contribution in [1.82, 2.24) is 10.2 Å². The third kappa shape index (κ3) is 8.95. The normalized spacial score (nSPS) is 12.0. The molecule has 0 saturated carbocycles. The number of nitrogens with one attached hydrogen (secondary N) is 1. The van der Waals surface area contributed by atoms with Gasteiger partial charge in [0.1, 0.15) is 18.3 Å². The third-order valence-electron chi connectivity index (χ3n) is 7.17. The minimum Gasteiger partial charge on any atom is -0.497 e. The lowest BCUT2D eigenvalue weighted by Crippen LogP contribution is -2.54. The van der Waals surface area contributed by atoms with E-state index in [1.54, 1.807) is 36.4 Å². The molecule has 0 aliphatic rings. The standard InChI is InChI=1S/C35H38BrN3O5S/c1-25(2)37-35(41)33(21-27-10-6-5-7-11-27)38(23-28-12-8-13-29(36)20-28)34(40)24-39(30-14-9-15-31(22-30)44-4)45(42,43)32-18-16-26(3)17-19-32/h5-20,22,25,33H,21,23-24H2,1-4H3,(H,37,41)/t33-/m0/s1. The van der Waals surface area contributed by atoms with E-state index < -0.39 is 28.5 Å². The largest absolute Gasteiger partial charge is 0.497 e. The maximum atomic E-state index is 14.5. The van der Waals surface area contributed by atoms with Gasteiger partial charge in [0, 0.05) is 29.5 Å². The first-order valence-corrected chi connectivity index (χ1v) is 16.8. The van der Waals surface area contributed by atoms with Crippen LogP contribution in [0.1, 0.15) is 30.5 Å². The lowest BCUT2D eigenvalue weighted by Gasteiger charge is -2.34. The van der Waals surface area contributed by atoms with Crippen LogP contribution in [0.5, 0.6) is 5.75 Å². The van der Waals surface area contributed by atoms with Crippen molar-refractivity contribution in [2.24, 2.45) is 0 Å². The van der Waals surface area contributed by atoms with Crippen molar-refractivity contribution >= 4 is 43.5 Å². The van der Waals surface area contributed by atoms with E-state index in [0.29, 0.717) is 5.75 Å². The molecule has 0 aliphatic carbocycles. The van der Waals surface area contributed by atoms with Crippen LogP contribution in [0.25, 0.3) is 0 Å². The van der Waals surface area contributed by atoms with Gasteiger partial charge in [0.2, 0.25) is 11.8 Å².